The lowest BCUT2D eigenvalue weighted by Gasteiger charge is -2.27. The van der Waals surface area contributed by atoms with Crippen molar-refractivity contribution in [2.24, 2.45) is 0 Å². The maximum absolute atomic E-state index is 12.6. The highest BCUT2D eigenvalue weighted by molar-refractivity contribution is 7.80. The number of thiocarbonyl (C=S) groups is 1. The molecule has 0 saturated heterocycles. The van der Waals surface area contributed by atoms with Crippen LogP contribution in [0.5, 0.6) is 0 Å². The Morgan fingerprint density at radius 1 is 0.968 bits per heavy atom. The SMILES string of the molecule is O=C(N[C@@H](NC(=S)Nc1ccc2ccccc2c1)C(Cl)(Cl)Cl)c1ccccc1[N+](=O)[O-]. The van der Waals surface area contributed by atoms with E-state index in [9.17, 15) is 14.9 Å². The van der Waals surface area contributed by atoms with Crippen molar-refractivity contribution in [3.8, 4) is 0 Å². The fourth-order valence-electron chi connectivity index (χ4n) is 2.80. The number of carbonyl (C=O) groups is 1. The van der Waals surface area contributed by atoms with Crippen LogP contribution in [0, 0.1) is 10.1 Å². The molecule has 3 N–H and O–H groups in total. The molecule has 7 nitrogen and oxygen atoms in total. The zero-order valence-electron chi connectivity index (χ0n) is 15.6. The van der Waals surface area contributed by atoms with E-state index in [0.717, 1.165) is 10.8 Å². The van der Waals surface area contributed by atoms with Gasteiger partial charge in [0.25, 0.3) is 11.6 Å². The lowest BCUT2D eigenvalue weighted by molar-refractivity contribution is -0.385. The van der Waals surface area contributed by atoms with Gasteiger partial charge >= 0.3 is 0 Å². The molecule has 160 valence electrons. The zero-order chi connectivity index (χ0) is 22.6. The molecule has 0 unspecified atom stereocenters. The van der Waals surface area contributed by atoms with E-state index in [1.54, 1.807) is 0 Å². The Morgan fingerprint density at radius 3 is 2.29 bits per heavy atom. The number of nitro groups is 1. The van der Waals surface area contributed by atoms with Crippen LogP contribution in [0.1, 0.15) is 10.4 Å². The number of rotatable bonds is 5. The fraction of sp³-hybridized carbons (Fsp3) is 0.100. The van der Waals surface area contributed by atoms with E-state index < -0.39 is 20.8 Å². The Labute approximate surface area is 197 Å². The van der Waals surface area contributed by atoms with Crippen molar-refractivity contribution in [2.45, 2.75) is 9.96 Å². The minimum Gasteiger partial charge on any atom is -0.339 e. The van der Waals surface area contributed by atoms with E-state index in [1.807, 2.05) is 42.5 Å². The molecule has 0 saturated carbocycles. The molecule has 11 heteroatoms. The predicted octanol–water partition coefficient (Wildman–Crippen LogP) is 5.16. The summed E-state index contributed by atoms with van der Waals surface area (Å²) in [6.07, 6.45) is -1.27. The lowest BCUT2D eigenvalue weighted by Crippen LogP contribution is -2.56. The van der Waals surface area contributed by atoms with Crippen LogP contribution in [0.15, 0.2) is 66.7 Å². The van der Waals surface area contributed by atoms with Crippen molar-refractivity contribution >= 4 is 80.2 Å². The quantitative estimate of drug-likeness (QED) is 0.148. The number of carbonyl (C=O) groups excluding carboxylic acids is 1. The number of fused-ring (bicyclic) bond motifs is 1. The molecule has 0 heterocycles. The van der Waals surface area contributed by atoms with E-state index >= 15 is 0 Å². The largest absolute Gasteiger partial charge is 0.339 e. The van der Waals surface area contributed by atoms with E-state index in [2.05, 4.69) is 16.0 Å². The van der Waals surface area contributed by atoms with Crippen LogP contribution in [-0.2, 0) is 0 Å². The highest BCUT2D eigenvalue weighted by Crippen LogP contribution is 2.30. The van der Waals surface area contributed by atoms with E-state index in [4.69, 9.17) is 47.0 Å². The molecule has 0 aliphatic carbocycles. The van der Waals surface area contributed by atoms with E-state index in [0.29, 0.717) is 5.69 Å². The Bertz CT molecular complexity index is 1150. The number of alkyl halides is 3. The normalized spacial score (nSPS) is 12.1. The first-order chi connectivity index (χ1) is 14.6. The van der Waals surface area contributed by atoms with Crippen molar-refractivity contribution in [1.29, 1.82) is 0 Å². The number of nitrogens with one attached hydrogen (secondary N) is 3. The maximum atomic E-state index is 12.6. The highest BCUT2D eigenvalue weighted by Gasteiger charge is 2.36. The molecule has 3 rings (SSSR count). The standard InChI is InChI=1S/C20H15Cl3N4O3S/c21-20(22,23)18(25-17(28)15-7-3-4-8-16(15)27(29)30)26-19(31)24-14-10-9-12-5-1-2-6-13(12)11-14/h1-11,18H,(H,25,28)(H2,24,26,31)/t18-/m0/s1. The van der Waals surface area contributed by atoms with Crippen LogP contribution < -0.4 is 16.0 Å². The Hall–Kier alpha value is -2.65. The van der Waals surface area contributed by atoms with Gasteiger partial charge in [-0.15, -0.1) is 0 Å². The Morgan fingerprint density at radius 2 is 1.61 bits per heavy atom. The van der Waals surface area contributed by atoms with Crippen molar-refractivity contribution in [2.75, 3.05) is 5.32 Å². The number of nitrogens with zero attached hydrogens (tertiary/aromatic N) is 1. The number of hydrogen-bond acceptors (Lipinski definition) is 4. The monoisotopic (exact) mass is 496 g/mol. The van der Waals surface area contributed by atoms with Gasteiger partial charge in [-0.05, 0) is 41.2 Å². The summed E-state index contributed by atoms with van der Waals surface area (Å²) in [4.78, 5) is 23.1. The van der Waals surface area contributed by atoms with Crippen LogP contribution in [0.2, 0.25) is 0 Å². The second-order valence-corrected chi connectivity index (χ2v) is 9.16. The smallest absolute Gasteiger partial charge is 0.282 e. The third kappa shape index (κ3) is 5.95. The average molecular weight is 498 g/mol. The minimum atomic E-state index is -2.01. The highest BCUT2D eigenvalue weighted by atomic mass is 35.6. The van der Waals surface area contributed by atoms with Gasteiger partial charge in [0.05, 0.1) is 4.92 Å². The van der Waals surface area contributed by atoms with Crippen LogP contribution in [0.25, 0.3) is 10.8 Å². The lowest BCUT2D eigenvalue weighted by atomic mass is 10.1. The minimum absolute atomic E-state index is 0.0782. The summed E-state index contributed by atoms with van der Waals surface area (Å²) in [6.45, 7) is 0. The molecule has 1 atom stereocenters. The average Bonchev–Trinajstić information content (AvgIpc) is 2.72. The van der Waals surface area contributed by atoms with Gasteiger partial charge in [-0.1, -0.05) is 77.3 Å². The van der Waals surface area contributed by atoms with Crippen molar-refractivity contribution in [3.05, 3.63) is 82.4 Å². The van der Waals surface area contributed by atoms with Crippen LogP contribution in [-0.4, -0.2) is 25.9 Å². The van der Waals surface area contributed by atoms with Gasteiger partial charge in [0, 0.05) is 11.8 Å². The molecule has 0 aliphatic heterocycles. The fourth-order valence-corrected chi connectivity index (χ4v) is 3.36. The van der Waals surface area contributed by atoms with Gasteiger partial charge < -0.3 is 16.0 Å². The molecule has 0 spiro atoms. The molecule has 31 heavy (non-hydrogen) atoms. The third-order valence-corrected chi connectivity index (χ3v) is 5.11. The number of halogens is 3. The zero-order valence-corrected chi connectivity index (χ0v) is 18.7. The van der Waals surface area contributed by atoms with Gasteiger partial charge in [-0.3, -0.25) is 14.9 Å². The Kier molecular flexibility index (Phi) is 7.17. The summed E-state index contributed by atoms with van der Waals surface area (Å²) >= 11 is 23.3. The summed E-state index contributed by atoms with van der Waals surface area (Å²) in [5, 5.41) is 21.4. The van der Waals surface area contributed by atoms with Gasteiger partial charge in [0.15, 0.2) is 5.11 Å². The molecule has 1 amide bonds. The molecule has 0 bridgehead atoms. The van der Waals surface area contributed by atoms with Crippen LogP contribution in [0.3, 0.4) is 0 Å². The van der Waals surface area contributed by atoms with Crippen molar-refractivity contribution in [1.82, 2.24) is 10.6 Å². The first-order valence-electron chi connectivity index (χ1n) is 8.82. The number of para-hydroxylation sites is 1. The molecule has 3 aromatic carbocycles. The second kappa shape index (κ2) is 9.65. The number of nitro benzene ring substituents is 1. The second-order valence-electron chi connectivity index (χ2n) is 6.38. The number of anilines is 1. The third-order valence-electron chi connectivity index (χ3n) is 4.23. The van der Waals surface area contributed by atoms with Gasteiger partial charge in [0.1, 0.15) is 11.7 Å². The summed E-state index contributed by atoms with van der Waals surface area (Å²) < 4.78 is -2.01. The van der Waals surface area contributed by atoms with Gasteiger partial charge in [-0.25, -0.2) is 0 Å². The molecular weight excluding hydrogens is 483 g/mol. The van der Waals surface area contributed by atoms with Crippen LogP contribution in [0.4, 0.5) is 11.4 Å². The number of amides is 1. The first-order valence-corrected chi connectivity index (χ1v) is 10.4. The van der Waals surface area contributed by atoms with E-state index in [-0.39, 0.29) is 16.4 Å². The van der Waals surface area contributed by atoms with E-state index in [1.165, 1.54) is 24.3 Å². The first kappa shape index (κ1) is 23.0. The molecule has 0 aliphatic rings. The maximum Gasteiger partial charge on any atom is 0.282 e. The summed E-state index contributed by atoms with van der Waals surface area (Å²) in [5.74, 6) is -0.801. The number of benzene rings is 3. The van der Waals surface area contributed by atoms with Crippen molar-refractivity contribution < 1.29 is 9.72 Å². The summed E-state index contributed by atoms with van der Waals surface area (Å²) in [6, 6.07) is 18.9. The van der Waals surface area contributed by atoms with Crippen LogP contribution >= 0.6 is 47.0 Å². The molecule has 0 fully saturated rings. The van der Waals surface area contributed by atoms with Gasteiger partial charge in [0.2, 0.25) is 3.79 Å². The summed E-state index contributed by atoms with van der Waals surface area (Å²) in [5.41, 5.74) is 0.131. The summed E-state index contributed by atoms with van der Waals surface area (Å²) in [7, 11) is 0. The number of hydrogen-bond donors (Lipinski definition) is 3. The predicted molar refractivity (Wildman–Crippen MR) is 128 cm³/mol. The molecular formula is C20H15Cl3N4O3S. The molecule has 0 radical (unpaired) electrons. The van der Waals surface area contributed by atoms with Gasteiger partial charge in [-0.2, -0.15) is 0 Å². The molecule has 0 aromatic heterocycles. The molecule has 3 aromatic rings. The van der Waals surface area contributed by atoms with Crippen molar-refractivity contribution in [3.63, 3.8) is 0 Å². The topological polar surface area (TPSA) is 96.3 Å². The Balaban J connectivity index is 1.74.